The van der Waals surface area contributed by atoms with Crippen molar-refractivity contribution in [3.63, 3.8) is 0 Å². The van der Waals surface area contributed by atoms with E-state index in [1.165, 1.54) is 10.7 Å². The topological polar surface area (TPSA) is 149 Å². The number of aryl methyl sites for hydroxylation is 1. The second kappa shape index (κ2) is 5.02. The fourth-order valence-corrected chi connectivity index (χ4v) is 3.10. The molecule has 10 nitrogen and oxygen atoms in total. The summed E-state index contributed by atoms with van der Waals surface area (Å²) in [6.07, 6.45) is 0. The molecule has 130 valence electrons. The van der Waals surface area contributed by atoms with Crippen molar-refractivity contribution in [1.82, 2.24) is 19.7 Å². The van der Waals surface area contributed by atoms with E-state index in [0.29, 0.717) is 10.9 Å². The van der Waals surface area contributed by atoms with Crippen LogP contribution in [0.2, 0.25) is 0 Å². The van der Waals surface area contributed by atoms with Crippen molar-refractivity contribution in [3.05, 3.63) is 51.4 Å². The van der Waals surface area contributed by atoms with Crippen LogP contribution >= 0.6 is 0 Å². The number of benzene rings is 1. The zero-order valence-corrected chi connectivity index (χ0v) is 13.3. The molecule has 1 aliphatic heterocycles. The third kappa shape index (κ3) is 1.95. The summed E-state index contributed by atoms with van der Waals surface area (Å²) < 4.78 is 2.46. The number of rotatable bonds is 2. The van der Waals surface area contributed by atoms with Gasteiger partial charge >= 0.3 is 5.97 Å². The number of aromatic carboxylic acids is 1. The molecule has 0 atom stereocenters. The molecule has 26 heavy (non-hydrogen) atoms. The third-order valence-corrected chi connectivity index (χ3v) is 4.25. The Labute approximate surface area is 144 Å². The van der Waals surface area contributed by atoms with Crippen molar-refractivity contribution in [2.45, 2.75) is 0 Å². The molecule has 0 saturated carbocycles. The Balaban J connectivity index is 2.03. The molecule has 4 N–H and O–H groups in total. The Morgan fingerprint density at radius 3 is 2.62 bits per heavy atom. The summed E-state index contributed by atoms with van der Waals surface area (Å²) in [5, 5.41) is 15.6. The largest absolute Gasteiger partial charge is 0.476 e. The van der Waals surface area contributed by atoms with Gasteiger partial charge in [0.1, 0.15) is 5.82 Å². The first-order valence-electron chi connectivity index (χ1n) is 7.41. The van der Waals surface area contributed by atoms with E-state index < -0.39 is 23.3 Å². The molecule has 0 bridgehead atoms. The summed E-state index contributed by atoms with van der Waals surface area (Å²) in [5.74, 6) is -2.79. The van der Waals surface area contributed by atoms with Crippen molar-refractivity contribution in [1.29, 1.82) is 0 Å². The number of carbonyl (C=O) groups is 3. The highest BCUT2D eigenvalue weighted by Crippen LogP contribution is 2.26. The Morgan fingerprint density at radius 1 is 1.19 bits per heavy atom. The minimum Gasteiger partial charge on any atom is -0.476 e. The number of hydrogen-bond donors (Lipinski definition) is 3. The number of carboxylic acid groups (broad SMARTS) is 1. The smallest absolute Gasteiger partial charge is 0.357 e. The van der Waals surface area contributed by atoms with Gasteiger partial charge in [-0.1, -0.05) is 0 Å². The fourth-order valence-electron chi connectivity index (χ4n) is 3.10. The number of fused-ring (bicyclic) bond motifs is 2. The van der Waals surface area contributed by atoms with Crippen LogP contribution in [0.4, 0.5) is 5.82 Å². The number of pyridine rings is 1. The summed E-state index contributed by atoms with van der Waals surface area (Å²) in [5.41, 5.74) is 5.82. The lowest BCUT2D eigenvalue weighted by Gasteiger charge is -2.12. The normalized spacial score (nSPS) is 13.1. The second-order valence-electron chi connectivity index (χ2n) is 5.75. The zero-order chi connectivity index (χ0) is 18.7. The lowest BCUT2D eigenvalue weighted by molar-refractivity contribution is 0.0690. The lowest BCUT2D eigenvalue weighted by Crippen LogP contribution is -2.24. The summed E-state index contributed by atoms with van der Waals surface area (Å²) in [6.45, 7) is 0. The molecule has 4 rings (SSSR count). The molecule has 0 aliphatic carbocycles. The number of carbonyl (C=O) groups excluding carboxylic acids is 2. The SMILES string of the molecule is Cn1nc(C(=O)O)c2cc(-n3c(N)c4c(cc3=O)C(=O)NC4=O)ccc21. The highest BCUT2D eigenvalue weighted by atomic mass is 16.4. The molecule has 3 heterocycles. The zero-order valence-electron chi connectivity index (χ0n) is 13.3. The van der Waals surface area contributed by atoms with Gasteiger partial charge in [-0.05, 0) is 18.2 Å². The highest BCUT2D eigenvalue weighted by Gasteiger charge is 2.32. The number of carboxylic acids is 1. The van der Waals surface area contributed by atoms with Gasteiger partial charge in [0.25, 0.3) is 17.4 Å². The summed E-state index contributed by atoms with van der Waals surface area (Å²) >= 11 is 0. The average Bonchev–Trinajstić information content (AvgIpc) is 3.04. The van der Waals surface area contributed by atoms with Crippen molar-refractivity contribution >= 4 is 34.5 Å². The second-order valence-corrected chi connectivity index (χ2v) is 5.75. The standard InChI is InChI=1S/C16H11N5O5/c1-20-9-3-2-6(4-7(9)12(19-20)16(25)26)21-10(22)5-8-11(13(21)17)15(24)18-14(8)23/h2-5H,17H2,1H3,(H,25,26)(H,18,23,24). The molecule has 0 saturated heterocycles. The minimum absolute atomic E-state index is 0.0811. The Kier molecular flexibility index (Phi) is 3.01. The molecule has 0 fully saturated rings. The summed E-state index contributed by atoms with van der Waals surface area (Å²) in [4.78, 5) is 47.5. The van der Waals surface area contributed by atoms with Crippen LogP contribution in [0.3, 0.4) is 0 Å². The van der Waals surface area contributed by atoms with Crippen LogP contribution in [0.5, 0.6) is 0 Å². The van der Waals surface area contributed by atoms with E-state index in [4.69, 9.17) is 5.73 Å². The molecule has 2 aromatic heterocycles. The average molecular weight is 353 g/mol. The number of nitrogens with one attached hydrogen (secondary N) is 1. The fraction of sp³-hybridized carbons (Fsp3) is 0.0625. The molecular formula is C16H11N5O5. The number of hydrogen-bond acceptors (Lipinski definition) is 6. The lowest BCUT2D eigenvalue weighted by atomic mass is 10.1. The summed E-state index contributed by atoms with van der Waals surface area (Å²) in [6, 6.07) is 5.62. The third-order valence-electron chi connectivity index (χ3n) is 4.25. The molecular weight excluding hydrogens is 342 g/mol. The maximum absolute atomic E-state index is 12.5. The predicted octanol–water partition coefficient (Wildman–Crippen LogP) is -0.112. The van der Waals surface area contributed by atoms with E-state index in [0.717, 1.165) is 10.6 Å². The first kappa shape index (κ1) is 15.6. The van der Waals surface area contributed by atoms with Crippen molar-refractivity contribution in [3.8, 4) is 5.69 Å². The Bertz CT molecular complexity index is 1220. The van der Waals surface area contributed by atoms with Gasteiger partial charge in [-0.2, -0.15) is 5.10 Å². The number of anilines is 1. The van der Waals surface area contributed by atoms with E-state index in [1.54, 1.807) is 19.2 Å². The molecule has 0 radical (unpaired) electrons. The van der Waals surface area contributed by atoms with Crippen molar-refractivity contribution < 1.29 is 19.5 Å². The van der Waals surface area contributed by atoms with Crippen LogP contribution in [0, 0.1) is 0 Å². The van der Waals surface area contributed by atoms with Gasteiger partial charge < -0.3 is 10.8 Å². The van der Waals surface area contributed by atoms with E-state index >= 15 is 0 Å². The van der Waals surface area contributed by atoms with Gasteiger partial charge in [-0.3, -0.25) is 28.9 Å². The molecule has 3 aromatic rings. The highest BCUT2D eigenvalue weighted by molar-refractivity contribution is 6.23. The summed E-state index contributed by atoms with van der Waals surface area (Å²) in [7, 11) is 1.60. The number of amides is 2. The van der Waals surface area contributed by atoms with Gasteiger partial charge in [0.05, 0.1) is 22.3 Å². The monoisotopic (exact) mass is 353 g/mol. The van der Waals surface area contributed by atoms with Crippen LogP contribution in [0.15, 0.2) is 29.1 Å². The number of nitrogens with zero attached hydrogens (tertiary/aromatic N) is 3. The Hall–Kier alpha value is -3.95. The predicted molar refractivity (Wildman–Crippen MR) is 89.5 cm³/mol. The van der Waals surface area contributed by atoms with E-state index in [1.807, 2.05) is 0 Å². The molecule has 1 aliphatic rings. The molecule has 2 amide bonds. The molecule has 0 spiro atoms. The van der Waals surface area contributed by atoms with E-state index in [-0.39, 0.29) is 28.3 Å². The molecule has 0 unspecified atom stereocenters. The van der Waals surface area contributed by atoms with Gasteiger partial charge in [-0.15, -0.1) is 0 Å². The van der Waals surface area contributed by atoms with Crippen LogP contribution in [0.1, 0.15) is 31.2 Å². The van der Waals surface area contributed by atoms with Crippen molar-refractivity contribution in [2.24, 2.45) is 7.05 Å². The van der Waals surface area contributed by atoms with Gasteiger partial charge in [-0.25, -0.2) is 4.79 Å². The first-order chi connectivity index (χ1) is 12.3. The maximum Gasteiger partial charge on any atom is 0.357 e. The van der Waals surface area contributed by atoms with Crippen LogP contribution < -0.4 is 16.6 Å². The van der Waals surface area contributed by atoms with Gasteiger partial charge in [0, 0.05) is 18.5 Å². The Morgan fingerprint density at radius 2 is 1.92 bits per heavy atom. The first-order valence-corrected chi connectivity index (χ1v) is 7.41. The minimum atomic E-state index is -1.22. The van der Waals surface area contributed by atoms with Gasteiger partial charge in [0.15, 0.2) is 5.69 Å². The number of nitrogens with two attached hydrogens (primary N) is 1. The maximum atomic E-state index is 12.5. The molecule has 1 aromatic carbocycles. The van der Waals surface area contributed by atoms with E-state index in [2.05, 4.69) is 10.4 Å². The number of nitrogen functional groups attached to an aromatic ring is 1. The number of aromatic nitrogens is 3. The van der Waals surface area contributed by atoms with Crippen LogP contribution in [-0.2, 0) is 7.05 Å². The van der Waals surface area contributed by atoms with Crippen LogP contribution in [-0.4, -0.2) is 37.2 Å². The van der Waals surface area contributed by atoms with Gasteiger partial charge in [0.2, 0.25) is 0 Å². The number of imide groups is 1. The van der Waals surface area contributed by atoms with E-state index in [9.17, 15) is 24.3 Å². The quantitative estimate of drug-likeness (QED) is 0.544. The van der Waals surface area contributed by atoms with Crippen LogP contribution in [0.25, 0.3) is 16.6 Å². The van der Waals surface area contributed by atoms with Crippen molar-refractivity contribution in [2.75, 3.05) is 5.73 Å². The molecule has 10 heteroatoms.